The van der Waals surface area contributed by atoms with Gasteiger partial charge in [-0.15, -0.1) is 0 Å². The summed E-state index contributed by atoms with van der Waals surface area (Å²) in [5, 5.41) is 14.5. The van der Waals surface area contributed by atoms with E-state index in [1.165, 1.54) is 6.08 Å². The number of anilines is 1. The standard InChI is InChI=1S/C27H21N5O/c1-33-24-15-7-13-22-25(24)30-27(31-26(22)29-18-19-9-3-2-4-10-19)32-21(12-8-16-28)17-20-11-5-6-14-23(20)32/h2-15,17H,18H2,1H3,(H,29,30,31)/b12-8+. The van der Waals surface area contributed by atoms with Gasteiger partial charge in [0.25, 0.3) is 0 Å². The van der Waals surface area contributed by atoms with Crippen LogP contribution in [0.2, 0.25) is 0 Å². The van der Waals surface area contributed by atoms with E-state index in [1.807, 2.05) is 71.3 Å². The normalized spacial score (nSPS) is 11.2. The Hall–Kier alpha value is -4.63. The lowest BCUT2D eigenvalue weighted by Crippen LogP contribution is -2.09. The van der Waals surface area contributed by atoms with Crippen molar-refractivity contribution in [3.05, 3.63) is 96.2 Å². The van der Waals surface area contributed by atoms with Crippen molar-refractivity contribution in [1.29, 1.82) is 5.26 Å². The molecule has 6 nitrogen and oxygen atoms in total. The Kier molecular flexibility index (Phi) is 5.44. The zero-order valence-electron chi connectivity index (χ0n) is 18.1. The molecule has 33 heavy (non-hydrogen) atoms. The predicted octanol–water partition coefficient (Wildman–Crippen LogP) is 5.73. The van der Waals surface area contributed by atoms with Crippen LogP contribution in [-0.4, -0.2) is 21.6 Å². The minimum absolute atomic E-state index is 0.501. The van der Waals surface area contributed by atoms with Gasteiger partial charge in [0.2, 0.25) is 5.95 Å². The van der Waals surface area contributed by atoms with Crippen LogP contribution in [0, 0.1) is 11.3 Å². The van der Waals surface area contributed by atoms with Crippen LogP contribution in [0.25, 0.3) is 33.8 Å². The Morgan fingerprint density at radius 3 is 2.64 bits per heavy atom. The maximum atomic E-state index is 9.09. The van der Waals surface area contributed by atoms with Crippen LogP contribution in [0.3, 0.4) is 0 Å². The molecule has 2 aromatic heterocycles. The van der Waals surface area contributed by atoms with Crippen LogP contribution in [0.5, 0.6) is 5.75 Å². The molecule has 3 aromatic carbocycles. The quantitative estimate of drug-likeness (QED) is 0.347. The minimum Gasteiger partial charge on any atom is -0.494 e. The van der Waals surface area contributed by atoms with Crippen molar-refractivity contribution in [3.8, 4) is 17.8 Å². The molecule has 0 bridgehead atoms. The maximum Gasteiger partial charge on any atom is 0.237 e. The smallest absolute Gasteiger partial charge is 0.237 e. The second-order valence-corrected chi connectivity index (χ2v) is 7.49. The van der Waals surface area contributed by atoms with Crippen LogP contribution in [0.1, 0.15) is 11.3 Å². The molecule has 1 N–H and O–H groups in total. The zero-order chi connectivity index (χ0) is 22.6. The molecule has 5 rings (SSSR count). The molecule has 0 fully saturated rings. The number of rotatable bonds is 6. The molecule has 0 atom stereocenters. The Morgan fingerprint density at radius 2 is 1.82 bits per heavy atom. The summed E-state index contributed by atoms with van der Waals surface area (Å²) in [5.74, 6) is 1.89. The maximum absolute atomic E-state index is 9.09. The number of nitrogens with zero attached hydrogens (tertiary/aromatic N) is 4. The number of benzene rings is 3. The van der Waals surface area contributed by atoms with E-state index in [9.17, 15) is 0 Å². The molecule has 6 heteroatoms. The predicted molar refractivity (Wildman–Crippen MR) is 131 cm³/mol. The fourth-order valence-corrected chi connectivity index (χ4v) is 3.94. The van der Waals surface area contributed by atoms with Crippen LogP contribution >= 0.6 is 0 Å². The van der Waals surface area contributed by atoms with Crippen molar-refractivity contribution in [2.75, 3.05) is 12.4 Å². The molecule has 0 saturated carbocycles. The molecule has 0 aliphatic heterocycles. The summed E-state index contributed by atoms with van der Waals surface area (Å²) in [6, 6.07) is 28.1. The van der Waals surface area contributed by atoms with E-state index >= 15 is 0 Å². The number of nitrogens with one attached hydrogen (secondary N) is 1. The number of hydrogen-bond donors (Lipinski definition) is 1. The summed E-state index contributed by atoms with van der Waals surface area (Å²) in [4.78, 5) is 9.81. The average molecular weight is 431 g/mol. The highest BCUT2D eigenvalue weighted by Crippen LogP contribution is 2.31. The Labute approximate surface area is 191 Å². The summed E-state index contributed by atoms with van der Waals surface area (Å²) >= 11 is 0. The highest BCUT2D eigenvalue weighted by Gasteiger charge is 2.16. The second-order valence-electron chi connectivity index (χ2n) is 7.49. The van der Waals surface area contributed by atoms with Gasteiger partial charge in [0.15, 0.2) is 0 Å². The van der Waals surface area contributed by atoms with Gasteiger partial charge >= 0.3 is 0 Å². The summed E-state index contributed by atoms with van der Waals surface area (Å²) in [6.07, 6.45) is 3.23. The van der Waals surface area contributed by atoms with E-state index in [-0.39, 0.29) is 0 Å². The monoisotopic (exact) mass is 431 g/mol. The molecule has 0 radical (unpaired) electrons. The SMILES string of the molecule is COc1cccc2c(NCc3ccccc3)nc(-n3c(/C=C/C#N)cc4ccccc43)nc12. The van der Waals surface area contributed by atoms with Crippen molar-refractivity contribution in [3.63, 3.8) is 0 Å². The summed E-state index contributed by atoms with van der Waals surface area (Å²) < 4.78 is 7.58. The zero-order valence-corrected chi connectivity index (χ0v) is 18.1. The molecule has 0 aliphatic rings. The van der Waals surface area contributed by atoms with E-state index < -0.39 is 0 Å². The molecular formula is C27H21N5O. The molecule has 160 valence electrons. The Bertz CT molecular complexity index is 1510. The van der Waals surface area contributed by atoms with Gasteiger partial charge in [-0.1, -0.05) is 54.6 Å². The number of methoxy groups -OCH3 is 1. The van der Waals surface area contributed by atoms with Crippen LogP contribution in [0.4, 0.5) is 5.82 Å². The van der Waals surface area contributed by atoms with Gasteiger partial charge in [-0.3, -0.25) is 4.57 Å². The number of aromatic nitrogens is 3. The first kappa shape index (κ1) is 20.3. The molecule has 2 heterocycles. The number of hydrogen-bond acceptors (Lipinski definition) is 5. The molecule has 0 spiro atoms. The van der Waals surface area contributed by atoms with Gasteiger partial charge in [-0.25, -0.2) is 4.98 Å². The number of allylic oxidation sites excluding steroid dienone is 1. The van der Waals surface area contributed by atoms with Gasteiger partial charge in [0.1, 0.15) is 17.1 Å². The highest BCUT2D eigenvalue weighted by molar-refractivity contribution is 5.94. The van der Waals surface area contributed by atoms with Crippen molar-refractivity contribution < 1.29 is 4.74 Å². The first-order valence-electron chi connectivity index (χ1n) is 10.6. The van der Waals surface area contributed by atoms with Crippen molar-refractivity contribution in [2.24, 2.45) is 0 Å². The number of nitriles is 1. The van der Waals surface area contributed by atoms with Gasteiger partial charge in [-0.05, 0) is 35.9 Å². The minimum atomic E-state index is 0.501. The van der Waals surface area contributed by atoms with Crippen LogP contribution in [0.15, 0.2) is 84.9 Å². The molecule has 0 unspecified atom stereocenters. The second kappa shape index (κ2) is 8.85. The van der Waals surface area contributed by atoms with E-state index in [1.54, 1.807) is 13.2 Å². The fraction of sp³-hybridized carbons (Fsp3) is 0.0741. The van der Waals surface area contributed by atoms with Gasteiger partial charge in [0, 0.05) is 23.4 Å². The first-order chi connectivity index (χ1) is 16.3. The van der Waals surface area contributed by atoms with Crippen LogP contribution in [-0.2, 0) is 6.54 Å². The van der Waals surface area contributed by atoms with E-state index in [0.717, 1.165) is 27.5 Å². The third-order valence-corrected chi connectivity index (χ3v) is 5.47. The van der Waals surface area contributed by atoms with E-state index in [4.69, 9.17) is 20.0 Å². The fourth-order valence-electron chi connectivity index (χ4n) is 3.94. The Morgan fingerprint density at radius 1 is 1.00 bits per heavy atom. The third-order valence-electron chi connectivity index (χ3n) is 5.47. The average Bonchev–Trinajstić information content (AvgIpc) is 3.24. The van der Waals surface area contributed by atoms with Gasteiger partial charge in [-0.2, -0.15) is 10.2 Å². The molecule has 0 amide bonds. The molecule has 0 aliphatic carbocycles. The third kappa shape index (κ3) is 3.88. The number of ether oxygens (including phenoxy) is 1. The topological polar surface area (TPSA) is 75.8 Å². The molecule has 5 aromatic rings. The van der Waals surface area contributed by atoms with Crippen LogP contribution < -0.4 is 10.1 Å². The number of fused-ring (bicyclic) bond motifs is 2. The Balaban J connectivity index is 1.73. The highest BCUT2D eigenvalue weighted by atomic mass is 16.5. The largest absolute Gasteiger partial charge is 0.494 e. The lowest BCUT2D eigenvalue weighted by Gasteiger charge is -2.14. The number of para-hydroxylation sites is 2. The van der Waals surface area contributed by atoms with Crippen molar-refractivity contribution >= 4 is 33.7 Å². The van der Waals surface area contributed by atoms with Gasteiger partial charge in [0.05, 0.1) is 24.4 Å². The summed E-state index contributed by atoms with van der Waals surface area (Å²) in [7, 11) is 1.64. The lowest BCUT2D eigenvalue weighted by molar-refractivity contribution is 0.419. The molecule has 0 saturated heterocycles. The van der Waals surface area contributed by atoms with Gasteiger partial charge < -0.3 is 10.1 Å². The van der Waals surface area contributed by atoms with Crippen molar-refractivity contribution in [2.45, 2.75) is 6.54 Å². The summed E-state index contributed by atoms with van der Waals surface area (Å²) in [6.45, 7) is 0.622. The van der Waals surface area contributed by atoms with E-state index in [2.05, 4.69) is 23.5 Å². The summed E-state index contributed by atoms with van der Waals surface area (Å²) in [5.41, 5.74) is 3.64. The molecular weight excluding hydrogens is 410 g/mol. The lowest BCUT2D eigenvalue weighted by atomic mass is 10.2. The van der Waals surface area contributed by atoms with E-state index in [0.29, 0.717) is 29.6 Å². The first-order valence-corrected chi connectivity index (χ1v) is 10.6. The van der Waals surface area contributed by atoms with Crippen molar-refractivity contribution in [1.82, 2.24) is 14.5 Å².